The minimum absolute atomic E-state index is 0.0231. The molecule has 2 aromatic rings. The maximum Gasteiger partial charge on any atom is 0.414 e. The molecule has 39 heavy (non-hydrogen) atoms. The van der Waals surface area contributed by atoms with Crippen LogP contribution in [0.2, 0.25) is 0 Å². The van der Waals surface area contributed by atoms with E-state index < -0.39 is 30.1 Å². The summed E-state index contributed by atoms with van der Waals surface area (Å²) in [4.78, 5) is 50.7. The van der Waals surface area contributed by atoms with Gasteiger partial charge in [0.15, 0.2) is 0 Å². The normalized spacial score (nSPS) is 11.3. The molecule has 0 aromatic heterocycles. The van der Waals surface area contributed by atoms with E-state index >= 15 is 0 Å². The Hall–Kier alpha value is -2.82. The number of ether oxygens (including phenoxy) is 1. The fourth-order valence-corrected chi connectivity index (χ4v) is 4.76. The molecular formula is C26H32I2N4O7. The van der Waals surface area contributed by atoms with Gasteiger partial charge in [-0.05, 0) is 55.3 Å². The van der Waals surface area contributed by atoms with E-state index in [1.807, 2.05) is 31.2 Å². The van der Waals surface area contributed by atoms with Crippen molar-refractivity contribution in [2.45, 2.75) is 32.4 Å². The number of nitrogens with zero attached hydrogens (tertiary/aromatic N) is 2. The van der Waals surface area contributed by atoms with E-state index in [1.165, 1.54) is 0 Å². The molecule has 3 amide bonds. The summed E-state index contributed by atoms with van der Waals surface area (Å²) in [6, 6.07) is 12.3. The SMILES string of the molecule is CCN(C(=O)OCc1ccc(NC(=O)NC(CCC(=O)O)C(=O)O)cc1)c1ccc(N(CCI)CCI)cc1. The van der Waals surface area contributed by atoms with Gasteiger partial charge in [0.25, 0.3) is 0 Å². The van der Waals surface area contributed by atoms with E-state index in [1.54, 1.807) is 29.2 Å². The van der Waals surface area contributed by atoms with Gasteiger partial charge >= 0.3 is 24.1 Å². The standard InChI is InChI=1S/C26H32I2N4O7/c1-2-32(21-9-7-20(8-10-21)31(15-13-27)16-14-28)26(38)39-17-18-3-5-19(6-4-18)29-25(37)30-22(24(35)36)11-12-23(33)34/h3-10,22H,2,11-17H2,1H3,(H,33,34)(H,35,36)(H2,29,30,37). The highest BCUT2D eigenvalue weighted by Crippen LogP contribution is 2.22. The third-order valence-corrected chi connectivity index (χ3v) is 6.56. The molecule has 0 aliphatic carbocycles. The van der Waals surface area contributed by atoms with Crippen molar-refractivity contribution in [3.05, 3.63) is 54.1 Å². The van der Waals surface area contributed by atoms with Gasteiger partial charge in [0.05, 0.1) is 0 Å². The van der Waals surface area contributed by atoms with Gasteiger partial charge < -0.3 is 30.5 Å². The Balaban J connectivity index is 1.92. The second-order valence-corrected chi connectivity index (χ2v) is 10.5. The first kappa shape index (κ1) is 32.4. The van der Waals surface area contributed by atoms with Crippen molar-refractivity contribution < 1.29 is 34.1 Å². The van der Waals surface area contributed by atoms with Crippen LogP contribution in [0.15, 0.2) is 48.5 Å². The Morgan fingerprint density at radius 2 is 1.51 bits per heavy atom. The summed E-state index contributed by atoms with van der Waals surface area (Å²) in [6.45, 7) is 4.24. The van der Waals surface area contributed by atoms with E-state index in [0.717, 1.165) is 33.3 Å². The van der Waals surface area contributed by atoms with Crippen LogP contribution in [-0.4, -0.2) is 68.8 Å². The summed E-state index contributed by atoms with van der Waals surface area (Å²) in [5.41, 5.74) is 2.93. The Kier molecular flexibility index (Phi) is 14.1. The zero-order valence-electron chi connectivity index (χ0n) is 21.4. The number of hydrogen-bond acceptors (Lipinski definition) is 6. The zero-order chi connectivity index (χ0) is 28.8. The number of hydrogen-bond donors (Lipinski definition) is 4. The molecule has 0 spiro atoms. The largest absolute Gasteiger partial charge is 0.481 e. The lowest BCUT2D eigenvalue weighted by molar-refractivity contribution is -0.140. The van der Waals surface area contributed by atoms with Gasteiger partial charge in [-0.3, -0.25) is 9.69 Å². The first-order valence-corrected chi connectivity index (χ1v) is 15.3. The molecule has 0 heterocycles. The smallest absolute Gasteiger partial charge is 0.414 e. The summed E-state index contributed by atoms with van der Waals surface area (Å²) in [5.74, 6) is -2.48. The van der Waals surface area contributed by atoms with Crippen molar-refractivity contribution in [1.82, 2.24) is 5.32 Å². The number of rotatable bonds is 15. The Morgan fingerprint density at radius 3 is 2.03 bits per heavy atom. The molecule has 13 heteroatoms. The zero-order valence-corrected chi connectivity index (χ0v) is 25.8. The van der Waals surface area contributed by atoms with Crippen LogP contribution in [-0.2, 0) is 20.9 Å². The number of amides is 3. The first-order valence-electron chi connectivity index (χ1n) is 12.2. The van der Waals surface area contributed by atoms with E-state index in [0.29, 0.717) is 17.8 Å². The van der Waals surface area contributed by atoms with Crippen LogP contribution in [0.4, 0.5) is 26.7 Å². The average Bonchev–Trinajstić information content (AvgIpc) is 2.91. The van der Waals surface area contributed by atoms with Gasteiger partial charge in [0.1, 0.15) is 12.6 Å². The number of nitrogens with one attached hydrogen (secondary N) is 2. The topological polar surface area (TPSA) is 149 Å². The number of halogens is 2. The third-order valence-electron chi connectivity index (χ3n) is 5.60. The number of urea groups is 1. The number of benzene rings is 2. The molecule has 1 atom stereocenters. The summed E-state index contributed by atoms with van der Waals surface area (Å²) in [6.07, 6.45) is -1.11. The number of carboxylic acid groups (broad SMARTS) is 2. The highest BCUT2D eigenvalue weighted by Gasteiger charge is 2.21. The fraction of sp³-hybridized carbons (Fsp3) is 0.385. The van der Waals surface area contributed by atoms with Gasteiger partial charge in [-0.15, -0.1) is 0 Å². The lowest BCUT2D eigenvalue weighted by atomic mass is 10.1. The Bertz CT molecular complexity index is 1090. The van der Waals surface area contributed by atoms with E-state index in [9.17, 15) is 19.2 Å². The van der Waals surface area contributed by atoms with Crippen LogP contribution in [0.3, 0.4) is 0 Å². The number of aliphatic carboxylic acids is 2. The molecule has 1 unspecified atom stereocenters. The van der Waals surface area contributed by atoms with Crippen LogP contribution < -0.4 is 20.4 Å². The van der Waals surface area contributed by atoms with E-state index in [2.05, 4.69) is 60.7 Å². The molecule has 4 N–H and O–H groups in total. The van der Waals surface area contributed by atoms with Crippen molar-refractivity contribution in [2.75, 3.05) is 43.6 Å². The Labute approximate surface area is 254 Å². The number of carbonyl (C=O) groups excluding carboxylic acids is 2. The number of alkyl halides is 2. The summed E-state index contributed by atoms with van der Waals surface area (Å²) in [5, 5.41) is 22.6. The minimum Gasteiger partial charge on any atom is -0.481 e. The maximum absolute atomic E-state index is 12.8. The van der Waals surface area contributed by atoms with Gasteiger partial charge in [-0.1, -0.05) is 57.3 Å². The molecular weight excluding hydrogens is 734 g/mol. The van der Waals surface area contributed by atoms with E-state index in [-0.39, 0.29) is 19.4 Å². The van der Waals surface area contributed by atoms with Crippen LogP contribution in [0.1, 0.15) is 25.3 Å². The van der Waals surface area contributed by atoms with Crippen LogP contribution in [0.25, 0.3) is 0 Å². The van der Waals surface area contributed by atoms with Crippen molar-refractivity contribution in [3.8, 4) is 0 Å². The van der Waals surface area contributed by atoms with Gasteiger partial charge in [-0.2, -0.15) is 0 Å². The van der Waals surface area contributed by atoms with Crippen molar-refractivity contribution in [1.29, 1.82) is 0 Å². The Morgan fingerprint density at radius 1 is 0.923 bits per heavy atom. The molecule has 2 aromatic carbocycles. The highest BCUT2D eigenvalue weighted by molar-refractivity contribution is 14.1. The molecule has 0 fully saturated rings. The molecule has 0 saturated heterocycles. The van der Waals surface area contributed by atoms with Crippen LogP contribution in [0, 0.1) is 0 Å². The molecule has 0 aliphatic rings. The fourth-order valence-electron chi connectivity index (χ4n) is 3.59. The average molecular weight is 766 g/mol. The molecule has 0 saturated carbocycles. The number of carbonyl (C=O) groups is 4. The molecule has 0 bridgehead atoms. The summed E-state index contributed by atoms with van der Waals surface area (Å²) in [7, 11) is 0. The van der Waals surface area contributed by atoms with Gasteiger partial charge in [0, 0.05) is 52.0 Å². The van der Waals surface area contributed by atoms with E-state index in [4.69, 9.17) is 14.9 Å². The minimum atomic E-state index is -1.33. The number of anilines is 3. The highest BCUT2D eigenvalue weighted by atomic mass is 127. The molecule has 11 nitrogen and oxygen atoms in total. The lowest BCUT2D eigenvalue weighted by Gasteiger charge is -2.25. The second-order valence-electron chi connectivity index (χ2n) is 8.30. The van der Waals surface area contributed by atoms with Gasteiger partial charge in [0.2, 0.25) is 0 Å². The number of carboxylic acids is 2. The third kappa shape index (κ3) is 11.1. The summed E-state index contributed by atoms with van der Waals surface area (Å²) >= 11 is 4.72. The first-order chi connectivity index (χ1) is 18.7. The van der Waals surface area contributed by atoms with Gasteiger partial charge in [-0.25, -0.2) is 14.4 Å². The molecule has 0 radical (unpaired) electrons. The van der Waals surface area contributed by atoms with Crippen molar-refractivity contribution in [2.24, 2.45) is 0 Å². The lowest BCUT2D eigenvalue weighted by Crippen LogP contribution is -2.43. The van der Waals surface area contributed by atoms with Crippen LogP contribution >= 0.6 is 45.2 Å². The van der Waals surface area contributed by atoms with Crippen LogP contribution in [0.5, 0.6) is 0 Å². The predicted octanol–water partition coefficient (Wildman–Crippen LogP) is 4.97. The molecule has 0 aliphatic heterocycles. The molecule has 2 rings (SSSR count). The predicted molar refractivity (Wildman–Crippen MR) is 167 cm³/mol. The maximum atomic E-state index is 12.8. The van der Waals surface area contributed by atoms with Crippen molar-refractivity contribution >= 4 is 86.3 Å². The second kappa shape index (κ2) is 17.0. The monoisotopic (exact) mass is 766 g/mol. The summed E-state index contributed by atoms with van der Waals surface area (Å²) < 4.78 is 7.54. The quantitative estimate of drug-likeness (QED) is 0.147. The molecule has 212 valence electrons. The van der Waals surface area contributed by atoms with Crippen molar-refractivity contribution in [3.63, 3.8) is 0 Å².